The highest BCUT2D eigenvalue weighted by Crippen LogP contribution is 2.49. The number of nitrogens with one attached hydrogen (secondary N) is 2. The largest absolute Gasteiger partial charge is 0.359 e. The van der Waals surface area contributed by atoms with Gasteiger partial charge in [-0.2, -0.15) is 0 Å². The molecule has 2 N–H and O–H groups in total. The van der Waals surface area contributed by atoms with E-state index in [1.54, 1.807) is 0 Å². The van der Waals surface area contributed by atoms with Gasteiger partial charge in [0.2, 0.25) is 0 Å². The molecule has 1 aromatic heterocycles. The number of allylic oxidation sites excluding steroid dienone is 2. The second-order valence-corrected chi connectivity index (χ2v) is 13.0. The van der Waals surface area contributed by atoms with Crippen LogP contribution in [-0.4, -0.2) is 21.8 Å². The molecule has 5 heteroatoms. The fourth-order valence-electron chi connectivity index (χ4n) is 6.03. The van der Waals surface area contributed by atoms with Crippen molar-refractivity contribution in [3.05, 3.63) is 108 Å². The molecule has 192 valence electrons. The highest BCUT2D eigenvalue weighted by molar-refractivity contribution is 7.80. The molecule has 1 saturated carbocycles. The number of benzene rings is 2. The van der Waals surface area contributed by atoms with E-state index >= 15 is 0 Å². The third kappa shape index (κ3) is 5.76. The summed E-state index contributed by atoms with van der Waals surface area (Å²) in [7, 11) is -0.613. The van der Waals surface area contributed by atoms with E-state index in [9.17, 15) is 0 Å². The van der Waals surface area contributed by atoms with Crippen molar-refractivity contribution in [2.45, 2.75) is 64.6 Å². The van der Waals surface area contributed by atoms with Crippen LogP contribution in [0.5, 0.6) is 0 Å². The topological polar surface area (TPSA) is 29.0 Å². The Hall–Kier alpha value is -2.68. The van der Waals surface area contributed by atoms with Crippen molar-refractivity contribution in [2.24, 2.45) is 5.92 Å². The average Bonchev–Trinajstić information content (AvgIpc) is 3.52. The summed E-state index contributed by atoms with van der Waals surface area (Å²) in [5.74, 6) is 0.294. The van der Waals surface area contributed by atoms with Crippen LogP contribution in [0.15, 0.2) is 96.3 Å². The molecule has 2 aliphatic carbocycles. The van der Waals surface area contributed by atoms with Crippen molar-refractivity contribution >= 4 is 35.9 Å². The van der Waals surface area contributed by atoms with Crippen molar-refractivity contribution in [2.75, 3.05) is 0 Å². The number of aryl methyl sites for hydroxylation is 2. The second-order valence-electron chi connectivity index (χ2n) is 10.4. The van der Waals surface area contributed by atoms with Crippen LogP contribution in [0.2, 0.25) is 0 Å². The fourth-order valence-corrected chi connectivity index (χ4v) is 9.04. The summed E-state index contributed by atoms with van der Waals surface area (Å²) in [5, 5.41) is 12.4. The van der Waals surface area contributed by atoms with Crippen molar-refractivity contribution in [1.82, 2.24) is 15.2 Å². The van der Waals surface area contributed by atoms with E-state index in [2.05, 4.69) is 127 Å². The third-order valence-electron chi connectivity index (χ3n) is 7.81. The summed E-state index contributed by atoms with van der Waals surface area (Å²) in [6, 6.07) is 27.4. The van der Waals surface area contributed by atoms with Crippen LogP contribution in [0.3, 0.4) is 0 Å². The van der Waals surface area contributed by atoms with Gasteiger partial charge in [-0.05, 0) is 81.8 Å². The van der Waals surface area contributed by atoms with Gasteiger partial charge in [0.05, 0.1) is 6.04 Å². The van der Waals surface area contributed by atoms with Crippen LogP contribution >= 0.6 is 20.1 Å². The lowest BCUT2D eigenvalue weighted by Gasteiger charge is -2.37. The first-order chi connectivity index (χ1) is 18.0. The zero-order valence-electron chi connectivity index (χ0n) is 22.1. The molecule has 0 spiro atoms. The smallest absolute Gasteiger partial charge is 0.166 e. The zero-order valence-corrected chi connectivity index (χ0v) is 23.8. The molecular weight excluding hydrogens is 489 g/mol. The molecular formula is C32H38N3PS. The van der Waals surface area contributed by atoms with Gasteiger partial charge in [0.25, 0.3) is 0 Å². The minimum Gasteiger partial charge on any atom is -0.359 e. The van der Waals surface area contributed by atoms with Crippen molar-refractivity contribution < 1.29 is 0 Å². The summed E-state index contributed by atoms with van der Waals surface area (Å²) in [4.78, 5) is 0. The quantitative estimate of drug-likeness (QED) is 0.266. The lowest BCUT2D eigenvalue weighted by atomic mass is 9.89. The van der Waals surface area contributed by atoms with Gasteiger partial charge >= 0.3 is 0 Å². The van der Waals surface area contributed by atoms with Crippen LogP contribution in [0.1, 0.15) is 50.0 Å². The monoisotopic (exact) mass is 527 g/mol. The van der Waals surface area contributed by atoms with Crippen LogP contribution < -0.4 is 21.2 Å². The van der Waals surface area contributed by atoms with E-state index in [-0.39, 0.29) is 6.04 Å². The summed E-state index contributed by atoms with van der Waals surface area (Å²) in [6.07, 6.45) is 11.8. The lowest BCUT2D eigenvalue weighted by molar-refractivity contribution is 0.280. The molecule has 0 amide bonds. The van der Waals surface area contributed by atoms with Gasteiger partial charge in [-0.1, -0.05) is 91.7 Å². The molecule has 3 nitrogen and oxygen atoms in total. The van der Waals surface area contributed by atoms with E-state index in [1.165, 1.54) is 46.6 Å². The Balaban J connectivity index is 1.31. The van der Waals surface area contributed by atoms with E-state index in [1.807, 2.05) is 0 Å². The van der Waals surface area contributed by atoms with Gasteiger partial charge in [-0.3, -0.25) is 0 Å². The highest BCUT2D eigenvalue weighted by Gasteiger charge is 2.32. The minimum atomic E-state index is -0.613. The first-order valence-corrected chi connectivity index (χ1v) is 15.3. The van der Waals surface area contributed by atoms with Gasteiger partial charge < -0.3 is 15.2 Å². The number of aromatic nitrogens is 1. The summed E-state index contributed by atoms with van der Waals surface area (Å²) in [6.45, 7) is 6.70. The predicted molar refractivity (Wildman–Crippen MR) is 163 cm³/mol. The molecule has 0 radical (unpaired) electrons. The molecule has 0 aliphatic heterocycles. The van der Waals surface area contributed by atoms with E-state index in [4.69, 9.17) is 12.2 Å². The van der Waals surface area contributed by atoms with Crippen molar-refractivity contribution in [1.29, 1.82) is 0 Å². The first kappa shape index (κ1) is 25.9. The van der Waals surface area contributed by atoms with Crippen LogP contribution in [0.25, 0.3) is 0 Å². The molecule has 0 bridgehead atoms. The van der Waals surface area contributed by atoms with Crippen LogP contribution in [0, 0.1) is 19.8 Å². The second kappa shape index (κ2) is 11.8. The number of nitrogens with zero attached hydrogens (tertiary/aromatic N) is 1. The predicted octanol–water partition coefficient (Wildman–Crippen LogP) is 6.64. The third-order valence-corrected chi connectivity index (χ3v) is 10.6. The van der Waals surface area contributed by atoms with Gasteiger partial charge in [-0.25, -0.2) is 0 Å². The van der Waals surface area contributed by atoms with E-state index < -0.39 is 7.92 Å². The molecule has 1 heterocycles. The highest BCUT2D eigenvalue weighted by atomic mass is 32.1. The Kier molecular flexibility index (Phi) is 8.27. The SMILES string of the molecule is Cc1ccc(C)n1[C@H]1CCCC[C@@H]1NC(=S)N[C@H](C)[C@@H]1C=CC=C1P(c1ccccc1)c1ccccc1. The van der Waals surface area contributed by atoms with Crippen molar-refractivity contribution in [3.63, 3.8) is 0 Å². The minimum absolute atomic E-state index is 0.194. The normalized spacial score (nSPS) is 22.1. The average molecular weight is 528 g/mol. The van der Waals surface area contributed by atoms with E-state index in [0.717, 1.165) is 11.5 Å². The standard InChI is InChI=1S/C32H38N3PS/c1-23-21-22-24(2)35(23)30-19-11-10-18-29(30)34-32(37)33-25(3)28-17-12-20-31(28)36(26-13-6-4-7-14-26)27-15-8-5-9-16-27/h4-9,12-17,20-22,25,28-30H,10-11,18-19H2,1-3H3,(H2,33,34,37)/t25-,28+,29+,30+/m1/s1. The Morgan fingerprint density at radius 1 is 0.892 bits per heavy atom. The summed E-state index contributed by atoms with van der Waals surface area (Å²) >= 11 is 5.92. The molecule has 5 rings (SSSR count). The van der Waals surface area contributed by atoms with Crippen molar-refractivity contribution in [3.8, 4) is 0 Å². The Bertz CT molecular complexity index is 1200. The molecule has 0 saturated heterocycles. The maximum atomic E-state index is 5.92. The van der Waals surface area contributed by atoms with Gasteiger partial charge in [0.15, 0.2) is 5.11 Å². The van der Waals surface area contributed by atoms with Gasteiger partial charge in [0, 0.05) is 29.4 Å². The number of hydrogen-bond acceptors (Lipinski definition) is 1. The maximum absolute atomic E-state index is 5.92. The van der Waals surface area contributed by atoms with Gasteiger partial charge in [0.1, 0.15) is 0 Å². The lowest BCUT2D eigenvalue weighted by Crippen LogP contribution is -2.50. The molecule has 4 atom stereocenters. The zero-order chi connectivity index (χ0) is 25.8. The Morgan fingerprint density at radius 2 is 1.49 bits per heavy atom. The molecule has 3 aromatic rings. The molecule has 37 heavy (non-hydrogen) atoms. The Morgan fingerprint density at radius 3 is 2.11 bits per heavy atom. The molecule has 1 fully saturated rings. The fraction of sp³-hybridized carbons (Fsp3) is 0.344. The first-order valence-electron chi connectivity index (χ1n) is 13.5. The molecule has 2 aromatic carbocycles. The molecule has 0 unspecified atom stereocenters. The number of rotatable bonds is 7. The van der Waals surface area contributed by atoms with Gasteiger partial charge in [-0.15, -0.1) is 0 Å². The maximum Gasteiger partial charge on any atom is 0.166 e. The summed E-state index contributed by atoms with van der Waals surface area (Å²) in [5.41, 5.74) is 2.67. The van der Waals surface area contributed by atoms with E-state index in [0.29, 0.717) is 18.0 Å². The van der Waals surface area contributed by atoms with Crippen LogP contribution in [-0.2, 0) is 0 Å². The Labute approximate surface area is 228 Å². The molecule has 2 aliphatic rings. The number of thiocarbonyl (C=S) groups is 1. The number of hydrogen-bond donors (Lipinski definition) is 2. The summed E-state index contributed by atoms with van der Waals surface area (Å²) < 4.78 is 2.51. The van der Waals surface area contributed by atoms with Crippen LogP contribution in [0.4, 0.5) is 0 Å².